The fraction of sp³-hybridized carbons (Fsp3) is 0. The summed E-state index contributed by atoms with van der Waals surface area (Å²) in [4.78, 5) is 36.7. The molecule has 9 nitrogen and oxygen atoms in total. The molecule has 0 saturated carbocycles. The first kappa shape index (κ1) is 17.5. The van der Waals surface area contributed by atoms with Crippen molar-refractivity contribution in [2.24, 2.45) is 0 Å². The lowest BCUT2D eigenvalue weighted by Crippen LogP contribution is -2.18. The van der Waals surface area contributed by atoms with Gasteiger partial charge in [-0.25, -0.2) is 4.79 Å². The first-order valence-corrected chi connectivity index (χ1v) is 8.81. The SMILES string of the molecule is O=C(Nc1ccccc1C(=O)Nc1n[nH]c2sc(C(=O)O)cc12)c1ccco1. The quantitative estimate of drug-likeness (QED) is 0.408. The maximum absolute atomic E-state index is 12.7. The van der Waals surface area contributed by atoms with Crippen LogP contribution >= 0.6 is 11.3 Å². The molecule has 0 spiro atoms. The van der Waals surface area contributed by atoms with Gasteiger partial charge in [0.2, 0.25) is 0 Å². The topological polar surface area (TPSA) is 137 Å². The van der Waals surface area contributed by atoms with Gasteiger partial charge in [0.15, 0.2) is 11.6 Å². The minimum Gasteiger partial charge on any atom is -0.477 e. The van der Waals surface area contributed by atoms with Gasteiger partial charge >= 0.3 is 5.97 Å². The van der Waals surface area contributed by atoms with E-state index in [0.29, 0.717) is 15.9 Å². The number of aromatic nitrogens is 2. The molecule has 28 heavy (non-hydrogen) atoms. The highest BCUT2D eigenvalue weighted by Crippen LogP contribution is 2.29. The lowest BCUT2D eigenvalue weighted by molar-refractivity contribution is 0.0701. The van der Waals surface area contributed by atoms with E-state index in [-0.39, 0.29) is 22.0 Å². The Morgan fingerprint density at radius 3 is 2.64 bits per heavy atom. The number of H-pyrrole nitrogens is 1. The summed E-state index contributed by atoms with van der Waals surface area (Å²) >= 11 is 1.02. The second-order valence-electron chi connectivity index (χ2n) is 5.66. The monoisotopic (exact) mass is 396 g/mol. The lowest BCUT2D eigenvalue weighted by atomic mass is 10.1. The Hall–Kier alpha value is -3.92. The average Bonchev–Trinajstić information content (AvgIpc) is 3.40. The van der Waals surface area contributed by atoms with Crippen molar-refractivity contribution >= 4 is 50.8 Å². The standard InChI is InChI=1S/C18H12N4O5S/c23-15(20-14-10-8-13(18(25)26)28-17(10)22-21-14)9-4-1-2-5-11(9)19-16(24)12-6-3-7-27-12/h1-8H,(H,19,24)(H,25,26)(H2,20,21,22,23). The van der Waals surface area contributed by atoms with E-state index in [0.717, 1.165) is 11.3 Å². The number of fused-ring (bicyclic) bond motifs is 1. The molecule has 0 saturated heterocycles. The van der Waals surface area contributed by atoms with Gasteiger partial charge in [0.1, 0.15) is 9.71 Å². The molecule has 0 fully saturated rings. The number of aromatic carboxylic acids is 1. The number of carbonyl (C=O) groups is 3. The lowest BCUT2D eigenvalue weighted by Gasteiger charge is -2.09. The zero-order valence-electron chi connectivity index (χ0n) is 14.1. The van der Waals surface area contributed by atoms with Crippen LogP contribution in [0.3, 0.4) is 0 Å². The number of carboxylic acid groups (broad SMARTS) is 1. The summed E-state index contributed by atoms with van der Waals surface area (Å²) in [5.74, 6) is -1.74. The number of rotatable bonds is 5. The van der Waals surface area contributed by atoms with E-state index in [1.165, 1.54) is 18.4 Å². The normalized spacial score (nSPS) is 10.7. The maximum atomic E-state index is 12.7. The van der Waals surface area contributed by atoms with Crippen LogP contribution in [-0.2, 0) is 0 Å². The van der Waals surface area contributed by atoms with E-state index >= 15 is 0 Å². The third-order valence-electron chi connectivity index (χ3n) is 3.86. The van der Waals surface area contributed by atoms with Crippen LogP contribution in [0.4, 0.5) is 11.5 Å². The van der Waals surface area contributed by atoms with Gasteiger partial charge in [0.25, 0.3) is 11.8 Å². The third-order valence-corrected chi connectivity index (χ3v) is 4.89. The van der Waals surface area contributed by atoms with E-state index in [9.17, 15) is 14.4 Å². The van der Waals surface area contributed by atoms with Gasteiger partial charge in [-0.05, 0) is 30.3 Å². The molecule has 0 bridgehead atoms. The highest BCUT2D eigenvalue weighted by molar-refractivity contribution is 7.20. The van der Waals surface area contributed by atoms with Crippen LogP contribution in [0.2, 0.25) is 0 Å². The maximum Gasteiger partial charge on any atom is 0.345 e. The Balaban J connectivity index is 1.59. The molecule has 0 aliphatic carbocycles. The zero-order chi connectivity index (χ0) is 19.7. The zero-order valence-corrected chi connectivity index (χ0v) is 14.9. The number of nitrogens with zero attached hydrogens (tertiary/aromatic N) is 1. The first-order valence-electron chi connectivity index (χ1n) is 7.99. The number of nitrogens with one attached hydrogen (secondary N) is 3. The molecular formula is C18H12N4O5S. The number of para-hydroxylation sites is 1. The Morgan fingerprint density at radius 2 is 1.89 bits per heavy atom. The Kier molecular flexibility index (Phi) is 4.38. The van der Waals surface area contributed by atoms with Crippen molar-refractivity contribution in [1.82, 2.24) is 10.2 Å². The van der Waals surface area contributed by atoms with Crippen molar-refractivity contribution in [3.8, 4) is 0 Å². The van der Waals surface area contributed by atoms with Crippen molar-refractivity contribution in [3.05, 3.63) is 64.9 Å². The number of hydrogen-bond donors (Lipinski definition) is 4. The molecule has 4 N–H and O–H groups in total. The molecule has 140 valence electrons. The number of amides is 2. The molecule has 2 amide bonds. The average molecular weight is 396 g/mol. The van der Waals surface area contributed by atoms with Gasteiger partial charge in [-0.15, -0.1) is 11.3 Å². The van der Waals surface area contributed by atoms with Crippen LogP contribution in [0.1, 0.15) is 30.6 Å². The summed E-state index contributed by atoms with van der Waals surface area (Å²) in [5, 5.41) is 21.6. The smallest absolute Gasteiger partial charge is 0.345 e. The molecule has 3 heterocycles. The number of anilines is 2. The molecule has 4 aromatic rings. The first-order chi connectivity index (χ1) is 13.5. The second-order valence-corrected chi connectivity index (χ2v) is 6.71. The van der Waals surface area contributed by atoms with Crippen LogP contribution < -0.4 is 10.6 Å². The van der Waals surface area contributed by atoms with E-state index in [4.69, 9.17) is 9.52 Å². The fourth-order valence-electron chi connectivity index (χ4n) is 2.57. The minimum atomic E-state index is -1.06. The van der Waals surface area contributed by atoms with Gasteiger partial charge in [-0.1, -0.05) is 12.1 Å². The van der Waals surface area contributed by atoms with Crippen molar-refractivity contribution < 1.29 is 23.9 Å². The van der Waals surface area contributed by atoms with Gasteiger partial charge in [-0.3, -0.25) is 14.7 Å². The molecular weight excluding hydrogens is 384 g/mol. The number of furan rings is 1. The summed E-state index contributed by atoms with van der Waals surface area (Å²) in [6, 6.07) is 11.0. The van der Waals surface area contributed by atoms with Crippen LogP contribution in [0.25, 0.3) is 10.2 Å². The molecule has 10 heteroatoms. The number of aromatic amines is 1. The van der Waals surface area contributed by atoms with Crippen molar-refractivity contribution in [2.45, 2.75) is 0 Å². The number of carboxylic acids is 1. The van der Waals surface area contributed by atoms with Gasteiger partial charge < -0.3 is 20.2 Å². The van der Waals surface area contributed by atoms with E-state index in [1.54, 1.807) is 30.3 Å². The highest BCUT2D eigenvalue weighted by atomic mass is 32.1. The van der Waals surface area contributed by atoms with Gasteiger partial charge in [-0.2, -0.15) is 5.10 Å². The number of hydrogen-bond acceptors (Lipinski definition) is 6. The van der Waals surface area contributed by atoms with E-state index in [1.807, 2.05) is 0 Å². The Morgan fingerprint density at radius 1 is 1.07 bits per heavy atom. The Labute approximate surface area is 161 Å². The molecule has 0 unspecified atom stereocenters. The van der Waals surface area contributed by atoms with Crippen LogP contribution in [-0.4, -0.2) is 33.1 Å². The molecule has 0 aliphatic rings. The molecule has 1 aromatic carbocycles. The van der Waals surface area contributed by atoms with Crippen LogP contribution in [0, 0.1) is 0 Å². The molecule has 0 aliphatic heterocycles. The molecule has 3 aromatic heterocycles. The van der Waals surface area contributed by atoms with E-state index in [2.05, 4.69) is 20.8 Å². The summed E-state index contributed by atoms with van der Waals surface area (Å²) in [5.41, 5.74) is 0.511. The summed E-state index contributed by atoms with van der Waals surface area (Å²) in [7, 11) is 0. The molecule has 4 rings (SSSR count). The molecule has 0 atom stereocenters. The van der Waals surface area contributed by atoms with Gasteiger partial charge in [0.05, 0.1) is 22.9 Å². The van der Waals surface area contributed by atoms with Crippen molar-refractivity contribution in [2.75, 3.05) is 10.6 Å². The predicted molar refractivity (Wildman–Crippen MR) is 102 cm³/mol. The minimum absolute atomic E-state index is 0.115. The number of benzene rings is 1. The van der Waals surface area contributed by atoms with E-state index < -0.39 is 17.8 Å². The second kappa shape index (κ2) is 7.00. The highest BCUT2D eigenvalue weighted by Gasteiger charge is 2.19. The summed E-state index contributed by atoms with van der Waals surface area (Å²) in [6.45, 7) is 0. The summed E-state index contributed by atoms with van der Waals surface area (Å²) in [6.07, 6.45) is 1.38. The predicted octanol–water partition coefficient (Wildman–Crippen LogP) is 3.42. The fourth-order valence-corrected chi connectivity index (χ4v) is 3.42. The van der Waals surface area contributed by atoms with Crippen molar-refractivity contribution in [1.29, 1.82) is 0 Å². The van der Waals surface area contributed by atoms with Crippen LogP contribution in [0.5, 0.6) is 0 Å². The van der Waals surface area contributed by atoms with Crippen LogP contribution in [0.15, 0.2) is 53.1 Å². The third kappa shape index (κ3) is 3.23. The Bertz CT molecular complexity index is 1190. The van der Waals surface area contributed by atoms with Gasteiger partial charge in [0, 0.05) is 0 Å². The summed E-state index contributed by atoms with van der Waals surface area (Å²) < 4.78 is 5.05. The molecule has 0 radical (unpaired) electrons. The largest absolute Gasteiger partial charge is 0.477 e. The van der Waals surface area contributed by atoms with Crippen molar-refractivity contribution in [3.63, 3.8) is 0 Å². The number of carbonyl (C=O) groups excluding carboxylic acids is 2. The number of thiophene rings is 1.